The van der Waals surface area contributed by atoms with Gasteiger partial charge in [0, 0.05) is 24.2 Å². The van der Waals surface area contributed by atoms with Crippen molar-refractivity contribution in [2.24, 2.45) is 7.05 Å². The van der Waals surface area contributed by atoms with Crippen LogP contribution in [0.25, 0.3) is 0 Å². The fourth-order valence-corrected chi connectivity index (χ4v) is 2.33. The Balaban J connectivity index is 1.98. The molecular formula is C16H21ClN2O2. The lowest BCUT2D eigenvalue weighted by atomic mass is 10.1. The van der Waals surface area contributed by atoms with Crippen molar-refractivity contribution >= 4 is 11.6 Å². The molecule has 0 saturated carbocycles. The summed E-state index contributed by atoms with van der Waals surface area (Å²) in [6.07, 6.45) is 0.455. The van der Waals surface area contributed by atoms with Crippen LogP contribution in [-0.4, -0.2) is 27.1 Å². The summed E-state index contributed by atoms with van der Waals surface area (Å²) in [6.45, 7) is 3.91. The van der Waals surface area contributed by atoms with Crippen LogP contribution in [0.15, 0.2) is 30.3 Å². The Labute approximate surface area is 130 Å². The van der Waals surface area contributed by atoms with Crippen LogP contribution >= 0.6 is 11.6 Å². The molecule has 0 bridgehead atoms. The maximum absolute atomic E-state index is 10.3. The van der Waals surface area contributed by atoms with Gasteiger partial charge in [-0.05, 0) is 37.6 Å². The van der Waals surface area contributed by atoms with E-state index in [2.05, 4.69) is 12.0 Å². The summed E-state index contributed by atoms with van der Waals surface area (Å²) in [5, 5.41) is 15.3. The van der Waals surface area contributed by atoms with Crippen LogP contribution in [-0.2, 0) is 19.9 Å². The molecule has 2 aromatic rings. The first-order valence-corrected chi connectivity index (χ1v) is 7.49. The summed E-state index contributed by atoms with van der Waals surface area (Å²) in [5.74, 6) is 0.660. The zero-order chi connectivity index (χ0) is 15.4. The fraction of sp³-hybridized carbons (Fsp3) is 0.438. The minimum absolute atomic E-state index is 0.330. The second-order valence-electron chi connectivity index (χ2n) is 5.16. The third-order valence-electron chi connectivity index (χ3n) is 3.47. The van der Waals surface area contributed by atoms with Gasteiger partial charge in [0.1, 0.15) is 11.9 Å². The highest BCUT2D eigenvalue weighted by Gasteiger charge is 2.19. The van der Waals surface area contributed by atoms with Crippen LogP contribution in [0.4, 0.5) is 0 Å². The van der Waals surface area contributed by atoms with Crippen molar-refractivity contribution in [3.8, 4) is 5.75 Å². The monoisotopic (exact) mass is 308 g/mol. The number of aryl methyl sites for hydroxylation is 2. The maximum atomic E-state index is 10.3. The molecular weight excluding hydrogens is 288 g/mol. The number of aromatic nitrogens is 2. The molecule has 21 heavy (non-hydrogen) atoms. The van der Waals surface area contributed by atoms with Crippen molar-refractivity contribution < 1.29 is 9.84 Å². The van der Waals surface area contributed by atoms with Crippen molar-refractivity contribution in [2.45, 2.75) is 38.9 Å². The molecule has 1 aromatic carbocycles. The lowest BCUT2D eigenvalue weighted by molar-refractivity contribution is 0.0467. The van der Waals surface area contributed by atoms with E-state index in [4.69, 9.17) is 16.3 Å². The molecule has 0 spiro atoms. The predicted molar refractivity (Wildman–Crippen MR) is 83.8 cm³/mol. The van der Waals surface area contributed by atoms with E-state index in [-0.39, 0.29) is 6.10 Å². The Kier molecular flexibility index (Phi) is 5.26. The molecule has 2 unspecified atom stereocenters. The number of rotatable bonds is 6. The van der Waals surface area contributed by atoms with E-state index >= 15 is 0 Å². The third-order valence-corrected chi connectivity index (χ3v) is 3.70. The number of hydrogen-bond acceptors (Lipinski definition) is 3. The van der Waals surface area contributed by atoms with Crippen LogP contribution < -0.4 is 4.74 Å². The lowest BCUT2D eigenvalue weighted by Gasteiger charge is -2.20. The minimum Gasteiger partial charge on any atom is -0.488 e. The number of halogens is 1. The average molecular weight is 309 g/mol. The molecule has 0 radical (unpaired) electrons. The van der Waals surface area contributed by atoms with Gasteiger partial charge in [-0.25, -0.2) is 0 Å². The zero-order valence-electron chi connectivity index (χ0n) is 12.6. The van der Waals surface area contributed by atoms with Gasteiger partial charge in [-0.3, -0.25) is 4.68 Å². The van der Waals surface area contributed by atoms with E-state index in [1.807, 2.05) is 36.9 Å². The number of benzene rings is 1. The van der Waals surface area contributed by atoms with Crippen LogP contribution in [0, 0.1) is 0 Å². The van der Waals surface area contributed by atoms with E-state index in [1.165, 1.54) is 0 Å². The topological polar surface area (TPSA) is 47.3 Å². The van der Waals surface area contributed by atoms with E-state index in [0.717, 1.165) is 17.8 Å². The molecule has 0 aliphatic rings. The SMILES string of the molecule is CCc1cc(CC(O)C(C)Oc2cccc(Cl)c2)n(C)n1. The molecule has 1 heterocycles. The molecule has 5 heteroatoms. The van der Waals surface area contributed by atoms with Gasteiger partial charge in [0.2, 0.25) is 0 Å². The smallest absolute Gasteiger partial charge is 0.122 e. The van der Waals surface area contributed by atoms with Gasteiger partial charge in [-0.1, -0.05) is 24.6 Å². The van der Waals surface area contributed by atoms with E-state index in [0.29, 0.717) is 17.2 Å². The van der Waals surface area contributed by atoms with Crippen LogP contribution in [0.5, 0.6) is 5.75 Å². The molecule has 1 N–H and O–H groups in total. The average Bonchev–Trinajstić information content (AvgIpc) is 2.79. The first-order chi connectivity index (χ1) is 9.99. The number of ether oxygens (including phenoxy) is 1. The molecule has 0 saturated heterocycles. The van der Waals surface area contributed by atoms with Crippen molar-refractivity contribution in [2.75, 3.05) is 0 Å². The van der Waals surface area contributed by atoms with Gasteiger partial charge >= 0.3 is 0 Å². The van der Waals surface area contributed by atoms with E-state index in [9.17, 15) is 5.11 Å². The van der Waals surface area contributed by atoms with Gasteiger partial charge in [-0.2, -0.15) is 5.10 Å². The van der Waals surface area contributed by atoms with Gasteiger partial charge in [0.15, 0.2) is 0 Å². The Morgan fingerprint density at radius 1 is 1.38 bits per heavy atom. The summed E-state index contributed by atoms with van der Waals surface area (Å²) in [5.41, 5.74) is 2.03. The summed E-state index contributed by atoms with van der Waals surface area (Å²) in [7, 11) is 1.89. The molecule has 2 rings (SSSR count). The van der Waals surface area contributed by atoms with E-state index in [1.54, 1.807) is 12.1 Å². The fourth-order valence-electron chi connectivity index (χ4n) is 2.15. The molecule has 0 aliphatic carbocycles. The lowest BCUT2D eigenvalue weighted by Crippen LogP contribution is -2.31. The quantitative estimate of drug-likeness (QED) is 0.892. The molecule has 1 aromatic heterocycles. The molecule has 2 atom stereocenters. The predicted octanol–water partition coefficient (Wildman–Crippen LogP) is 3.01. The van der Waals surface area contributed by atoms with Gasteiger partial charge in [0.25, 0.3) is 0 Å². The molecule has 0 aliphatic heterocycles. The highest BCUT2D eigenvalue weighted by Crippen LogP contribution is 2.20. The number of hydrogen-bond donors (Lipinski definition) is 1. The van der Waals surface area contributed by atoms with Crippen molar-refractivity contribution in [3.05, 3.63) is 46.7 Å². The normalized spacial score (nSPS) is 14.0. The summed E-state index contributed by atoms with van der Waals surface area (Å²) >= 11 is 5.92. The second-order valence-corrected chi connectivity index (χ2v) is 5.59. The molecule has 114 valence electrons. The van der Waals surface area contributed by atoms with Crippen LogP contribution in [0.2, 0.25) is 5.02 Å². The Bertz CT molecular complexity index is 598. The van der Waals surface area contributed by atoms with Crippen molar-refractivity contribution in [1.82, 2.24) is 9.78 Å². The van der Waals surface area contributed by atoms with Gasteiger partial charge in [-0.15, -0.1) is 0 Å². The number of nitrogens with zero attached hydrogens (tertiary/aromatic N) is 2. The summed E-state index contributed by atoms with van der Waals surface area (Å²) < 4.78 is 7.55. The number of aliphatic hydroxyl groups excluding tert-OH is 1. The second kappa shape index (κ2) is 6.96. The highest BCUT2D eigenvalue weighted by molar-refractivity contribution is 6.30. The molecule has 0 amide bonds. The van der Waals surface area contributed by atoms with Crippen LogP contribution in [0.3, 0.4) is 0 Å². The zero-order valence-corrected chi connectivity index (χ0v) is 13.3. The summed E-state index contributed by atoms with van der Waals surface area (Å²) in [6, 6.07) is 9.20. The minimum atomic E-state index is -0.607. The van der Waals surface area contributed by atoms with Gasteiger partial charge in [0.05, 0.1) is 11.8 Å². The number of aliphatic hydroxyl groups is 1. The largest absolute Gasteiger partial charge is 0.488 e. The highest BCUT2D eigenvalue weighted by atomic mass is 35.5. The first kappa shape index (κ1) is 15.9. The van der Waals surface area contributed by atoms with E-state index < -0.39 is 6.10 Å². The van der Waals surface area contributed by atoms with Crippen molar-refractivity contribution in [1.29, 1.82) is 0 Å². The first-order valence-electron chi connectivity index (χ1n) is 7.11. The van der Waals surface area contributed by atoms with Gasteiger partial charge < -0.3 is 9.84 Å². The van der Waals surface area contributed by atoms with Crippen molar-refractivity contribution in [3.63, 3.8) is 0 Å². The third kappa shape index (κ3) is 4.22. The maximum Gasteiger partial charge on any atom is 0.122 e. The Hall–Kier alpha value is -1.52. The Morgan fingerprint density at radius 3 is 2.76 bits per heavy atom. The van der Waals surface area contributed by atoms with Crippen LogP contribution in [0.1, 0.15) is 25.2 Å². The molecule has 0 fully saturated rings. The Morgan fingerprint density at radius 2 is 2.14 bits per heavy atom. The molecule has 4 nitrogen and oxygen atoms in total. The standard InChI is InChI=1S/C16H21ClN2O2/c1-4-13-9-14(19(3)18-13)10-16(20)11(2)21-15-7-5-6-12(17)8-15/h5-9,11,16,20H,4,10H2,1-3H3. The summed E-state index contributed by atoms with van der Waals surface area (Å²) in [4.78, 5) is 0.